The molecule has 3 heterocycles. The van der Waals surface area contributed by atoms with Crippen LogP contribution in [0, 0.1) is 5.92 Å². The second kappa shape index (κ2) is 8.26. The number of rotatable bonds is 5. The molecule has 128 valence electrons. The number of nitrogens with one attached hydrogen (secondary N) is 1. The second-order valence-corrected chi connectivity index (χ2v) is 6.26. The third-order valence-electron chi connectivity index (χ3n) is 4.57. The minimum absolute atomic E-state index is 0.0616. The molecule has 1 aromatic rings. The maximum atomic E-state index is 12.2. The van der Waals surface area contributed by atoms with Crippen molar-refractivity contribution in [3.8, 4) is 0 Å². The summed E-state index contributed by atoms with van der Waals surface area (Å²) in [6, 6.07) is 0.0616. The van der Waals surface area contributed by atoms with Crippen LogP contribution in [0.3, 0.4) is 0 Å². The van der Waals surface area contributed by atoms with Crippen LogP contribution in [0.5, 0.6) is 0 Å². The van der Waals surface area contributed by atoms with Gasteiger partial charge in [0.25, 0.3) is 0 Å². The first kappa shape index (κ1) is 16.2. The summed E-state index contributed by atoms with van der Waals surface area (Å²) in [4.78, 5) is 20.4. The lowest BCUT2D eigenvalue weighted by Gasteiger charge is -2.35. The van der Waals surface area contributed by atoms with Crippen molar-refractivity contribution in [3.63, 3.8) is 0 Å². The number of ether oxygens (including phenoxy) is 1. The van der Waals surface area contributed by atoms with E-state index >= 15 is 0 Å². The maximum Gasteiger partial charge on any atom is 0.317 e. The number of nitrogens with zero attached hydrogens (tertiary/aromatic N) is 5. The number of carbonyl (C=O) groups excluding carboxylic acids is 1. The van der Waals surface area contributed by atoms with Gasteiger partial charge in [0, 0.05) is 45.9 Å². The lowest BCUT2D eigenvalue weighted by Crippen LogP contribution is -2.52. The first-order chi connectivity index (χ1) is 11.3. The SMILES string of the molecule is O=C(NC[C@H]1CCCOC1)N1CCN(CCn2cncn2)CC1. The van der Waals surface area contributed by atoms with Gasteiger partial charge in [-0.15, -0.1) is 0 Å². The molecule has 2 amide bonds. The molecule has 0 unspecified atom stereocenters. The summed E-state index contributed by atoms with van der Waals surface area (Å²) in [7, 11) is 0. The van der Waals surface area contributed by atoms with Gasteiger partial charge in [0.05, 0.1) is 13.2 Å². The van der Waals surface area contributed by atoms with Crippen LogP contribution in [0.4, 0.5) is 4.79 Å². The van der Waals surface area contributed by atoms with Crippen LogP contribution in [-0.2, 0) is 11.3 Å². The van der Waals surface area contributed by atoms with Crippen molar-refractivity contribution < 1.29 is 9.53 Å². The van der Waals surface area contributed by atoms with Crippen LogP contribution in [0.1, 0.15) is 12.8 Å². The number of piperazine rings is 1. The zero-order valence-electron chi connectivity index (χ0n) is 13.6. The van der Waals surface area contributed by atoms with E-state index < -0.39 is 0 Å². The third-order valence-corrected chi connectivity index (χ3v) is 4.57. The highest BCUT2D eigenvalue weighted by atomic mass is 16.5. The second-order valence-electron chi connectivity index (χ2n) is 6.26. The largest absolute Gasteiger partial charge is 0.381 e. The molecule has 1 atom stereocenters. The molecule has 0 saturated carbocycles. The zero-order valence-corrected chi connectivity index (χ0v) is 13.6. The molecule has 0 aliphatic carbocycles. The first-order valence-electron chi connectivity index (χ1n) is 8.46. The van der Waals surface area contributed by atoms with Gasteiger partial charge in [0.15, 0.2) is 0 Å². The highest BCUT2D eigenvalue weighted by Crippen LogP contribution is 2.12. The van der Waals surface area contributed by atoms with Crippen molar-refractivity contribution >= 4 is 6.03 Å². The van der Waals surface area contributed by atoms with E-state index in [1.165, 1.54) is 0 Å². The fraction of sp³-hybridized carbons (Fsp3) is 0.800. The Hall–Kier alpha value is -1.67. The molecule has 0 aromatic carbocycles. The smallest absolute Gasteiger partial charge is 0.317 e. The Morgan fingerprint density at radius 1 is 1.26 bits per heavy atom. The first-order valence-corrected chi connectivity index (χ1v) is 8.46. The number of hydrogen-bond acceptors (Lipinski definition) is 5. The zero-order chi connectivity index (χ0) is 15.9. The number of aromatic nitrogens is 3. The minimum atomic E-state index is 0.0616. The van der Waals surface area contributed by atoms with Crippen molar-refractivity contribution in [2.75, 3.05) is 52.5 Å². The highest BCUT2D eigenvalue weighted by molar-refractivity contribution is 5.74. The summed E-state index contributed by atoms with van der Waals surface area (Å²) >= 11 is 0. The monoisotopic (exact) mass is 322 g/mol. The van der Waals surface area contributed by atoms with Crippen molar-refractivity contribution in [2.45, 2.75) is 19.4 Å². The van der Waals surface area contributed by atoms with Crippen molar-refractivity contribution in [2.24, 2.45) is 5.92 Å². The Bertz CT molecular complexity index is 466. The molecule has 0 spiro atoms. The van der Waals surface area contributed by atoms with Crippen LogP contribution >= 0.6 is 0 Å². The number of carbonyl (C=O) groups is 1. The summed E-state index contributed by atoms with van der Waals surface area (Å²) in [5, 5.41) is 7.16. The minimum Gasteiger partial charge on any atom is -0.381 e. The van der Waals surface area contributed by atoms with Gasteiger partial charge < -0.3 is 15.0 Å². The van der Waals surface area contributed by atoms with Crippen LogP contribution < -0.4 is 5.32 Å². The number of urea groups is 1. The number of amides is 2. The van der Waals surface area contributed by atoms with Gasteiger partial charge in [-0.05, 0) is 18.8 Å². The average molecular weight is 322 g/mol. The van der Waals surface area contributed by atoms with E-state index in [1.807, 2.05) is 9.58 Å². The van der Waals surface area contributed by atoms with Crippen molar-refractivity contribution in [1.82, 2.24) is 29.9 Å². The summed E-state index contributed by atoms with van der Waals surface area (Å²) in [5.41, 5.74) is 0. The molecule has 1 aromatic heterocycles. The van der Waals surface area contributed by atoms with E-state index in [2.05, 4.69) is 20.3 Å². The van der Waals surface area contributed by atoms with E-state index in [4.69, 9.17) is 4.74 Å². The summed E-state index contributed by atoms with van der Waals surface area (Å²) in [5.74, 6) is 0.469. The normalized spacial score (nSPS) is 23.0. The van der Waals surface area contributed by atoms with Crippen molar-refractivity contribution in [1.29, 1.82) is 0 Å². The molecule has 0 radical (unpaired) electrons. The summed E-state index contributed by atoms with van der Waals surface area (Å²) in [6.07, 6.45) is 5.54. The van der Waals surface area contributed by atoms with Crippen LogP contribution in [-0.4, -0.2) is 83.1 Å². The van der Waals surface area contributed by atoms with Crippen LogP contribution in [0.25, 0.3) is 0 Å². The predicted molar refractivity (Wildman–Crippen MR) is 85.0 cm³/mol. The van der Waals surface area contributed by atoms with Gasteiger partial charge in [0.1, 0.15) is 12.7 Å². The predicted octanol–water partition coefficient (Wildman–Crippen LogP) is 0.0319. The van der Waals surface area contributed by atoms with Gasteiger partial charge in [-0.3, -0.25) is 9.58 Å². The van der Waals surface area contributed by atoms with Crippen molar-refractivity contribution in [3.05, 3.63) is 12.7 Å². The molecule has 0 bridgehead atoms. The molecule has 1 N–H and O–H groups in total. The van der Waals surface area contributed by atoms with E-state index in [-0.39, 0.29) is 6.03 Å². The molecule has 8 heteroatoms. The lowest BCUT2D eigenvalue weighted by atomic mass is 10.0. The molecule has 2 aliphatic rings. The van der Waals surface area contributed by atoms with Crippen LogP contribution in [0.2, 0.25) is 0 Å². The van der Waals surface area contributed by atoms with E-state index in [9.17, 15) is 4.79 Å². The van der Waals surface area contributed by atoms with Gasteiger partial charge in [-0.25, -0.2) is 9.78 Å². The average Bonchev–Trinajstić information content (AvgIpc) is 3.13. The highest BCUT2D eigenvalue weighted by Gasteiger charge is 2.22. The molecule has 2 aliphatic heterocycles. The van der Waals surface area contributed by atoms with Gasteiger partial charge in [-0.2, -0.15) is 5.10 Å². The summed E-state index contributed by atoms with van der Waals surface area (Å²) in [6.45, 7) is 7.53. The van der Waals surface area contributed by atoms with E-state index in [0.29, 0.717) is 5.92 Å². The Morgan fingerprint density at radius 2 is 2.13 bits per heavy atom. The van der Waals surface area contributed by atoms with E-state index in [0.717, 1.165) is 71.9 Å². The molecule has 2 saturated heterocycles. The molecular formula is C15H26N6O2. The van der Waals surface area contributed by atoms with Crippen LogP contribution in [0.15, 0.2) is 12.7 Å². The Labute approximate surface area is 136 Å². The molecule has 23 heavy (non-hydrogen) atoms. The van der Waals surface area contributed by atoms with E-state index in [1.54, 1.807) is 12.7 Å². The van der Waals surface area contributed by atoms with Gasteiger partial charge in [-0.1, -0.05) is 0 Å². The maximum absolute atomic E-state index is 12.2. The number of hydrogen-bond donors (Lipinski definition) is 1. The van der Waals surface area contributed by atoms with Gasteiger partial charge in [0.2, 0.25) is 0 Å². The Kier molecular flexibility index (Phi) is 5.82. The third kappa shape index (κ3) is 4.90. The molecule has 2 fully saturated rings. The fourth-order valence-electron chi connectivity index (χ4n) is 3.08. The topological polar surface area (TPSA) is 75.5 Å². The van der Waals surface area contributed by atoms with Gasteiger partial charge >= 0.3 is 6.03 Å². The standard InChI is InChI=1S/C15H26N6O2/c22-15(17-10-14-2-1-9-23-11-14)20-6-3-19(4-7-20)5-8-21-13-16-12-18-21/h12-14H,1-11H2,(H,17,22)/t14-/m1/s1. The lowest BCUT2D eigenvalue weighted by molar-refractivity contribution is 0.0547. The molecule has 8 nitrogen and oxygen atoms in total. The molecule has 3 rings (SSSR count). The summed E-state index contributed by atoms with van der Waals surface area (Å²) < 4.78 is 7.29. The fourth-order valence-corrected chi connectivity index (χ4v) is 3.08. The Balaban J connectivity index is 1.32. The quantitative estimate of drug-likeness (QED) is 0.828. The Morgan fingerprint density at radius 3 is 2.83 bits per heavy atom. The molecular weight excluding hydrogens is 296 g/mol.